The van der Waals surface area contributed by atoms with Gasteiger partial charge in [-0.3, -0.25) is 0 Å². The highest BCUT2D eigenvalue weighted by Gasteiger charge is 2.16. The molecule has 0 bridgehead atoms. The quantitative estimate of drug-likeness (QED) is 0.849. The molecule has 17 heavy (non-hydrogen) atoms. The molecular formula is C14H21NO2. The summed E-state index contributed by atoms with van der Waals surface area (Å²) in [6.45, 7) is 3.33. The Morgan fingerprint density at radius 3 is 2.71 bits per heavy atom. The zero-order valence-corrected chi connectivity index (χ0v) is 10.4. The molecule has 1 aromatic rings. The summed E-state index contributed by atoms with van der Waals surface area (Å²) < 4.78 is 5.26. The third kappa shape index (κ3) is 3.20. The van der Waals surface area contributed by atoms with Crippen LogP contribution in [0.1, 0.15) is 30.9 Å². The lowest BCUT2D eigenvalue weighted by molar-refractivity contribution is 0.145. The fourth-order valence-corrected chi connectivity index (χ4v) is 2.41. The van der Waals surface area contributed by atoms with Gasteiger partial charge in [-0.1, -0.05) is 18.2 Å². The van der Waals surface area contributed by atoms with Gasteiger partial charge in [0.1, 0.15) is 5.75 Å². The second-order valence-corrected chi connectivity index (χ2v) is 4.60. The van der Waals surface area contributed by atoms with Crippen molar-refractivity contribution in [2.24, 2.45) is 0 Å². The lowest BCUT2D eigenvalue weighted by Crippen LogP contribution is -2.22. The van der Waals surface area contributed by atoms with Crippen LogP contribution in [0.15, 0.2) is 24.3 Å². The van der Waals surface area contributed by atoms with Gasteiger partial charge in [0, 0.05) is 12.1 Å². The third-order valence-corrected chi connectivity index (χ3v) is 3.42. The van der Waals surface area contributed by atoms with Crippen LogP contribution in [0.25, 0.3) is 0 Å². The molecule has 3 nitrogen and oxygen atoms in total. The summed E-state index contributed by atoms with van der Waals surface area (Å²) in [5.74, 6) is 0.779. The largest absolute Gasteiger partial charge is 0.496 e. The first-order chi connectivity index (χ1) is 8.31. The minimum atomic E-state index is -0.424. The molecule has 0 amide bonds. The second-order valence-electron chi connectivity index (χ2n) is 4.60. The molecule has 0 saturated carbocycles. The predicted octanol–water partition coefficient (Wildman–Crippen LogP) is 2.21. The molecule has 3 heteroatoms. The Morgan fingerprint density at radius 2 is 2.00 bits per heavy atom. The summed E-state index contributed by atoms with van der Waals surface area (Å²) in [7, 11) is 1.64. The van der Waals surface area contributed by atoms with Gasteiger partial charge in [-0.25, -0.2) is 0 Å². The van der Waals surface area contributed by atoms with Gasteiger partial charge in [0.15, 0.2) is 0 Å². The number of hydrogen-bond acceptors (Lipinski definition) is 3. The van der Waals surface area contributed by atoms with Gasteiger partial charge in [0.2, 0.25) is 0 Å². The van der Waals surface area contributed by atoms with Crippen LogP contribution in [0.2, 0.25) is 0 Å². The molecule has 1 aromatic carbocycles. The van der Waals surface area contributed by atoms with Gasteiger partial charge >= 0.3 is 0 Å². The maximum Gasteiger partial charge on any atom is 0.124 e. The standard InChI is InChI=1S/C14H21NO2/c1-17-14-7-3-2-6-12(14)13(16)8-11-15-9-4-5-10-15/h2-3,6-7,13,16H,4-5,8-11H2,1H3/t13-/m0/s1. The number of rotatable bonds is 5. The molecule has 1 atom stereocenters. The van der Waals surface area contributed by atoms with E-state index in [-0.39, 0.29) is 0 Å². The molecule has 0 aromatic heterocycles. The Bertz CT molecular complexity index is 348. The van der Waals surface area contributed by atoms with Crippen molar-refractivity contribution in [1.82, 2.24) is 4.90 Å². The van der Waals surface area contributed by atoms with Crippen LogP contribution in [0.5, 0.6) is 5.75 Å². The van der Waals surface area contributed by atoms with E-state index in [1.54, 1.807) is 7.11 Å². The zero-order chi connectivity index (χ0) is 12.1. The Labute approximate surface area is 103 Å². The first kappa shape index (κ1) is 12.4. The highest BCUT2D eigenvalue weighted by molar-refractivity contribution is 5.34. The molecule has 1 fully saturated rings. The van der Waals surface area contributed by atoms with Crippen LogP contribution in [0.4, 0.5) is 0 Å². The number of nitrogens with zero attached hydrogens (tertiary/aromatic N) is 1. The number of benzene rings is 1. The van der Waals surface area contributed by atoms with Crippen LogP contribution in [0, 0.1) is 0 Å². The van der Waals surface area contributed by atoms with E-state index in [1.165, 1.54) is 25.9 Å². The maximum absolute atomic E-state index is 10.2. The third-order valence-electron chi connectivity index (χ3n) is 3.42. The van der Waals surface area contributed by atoms with Gasteiger partial charge in [-0.2, -0.15) is 0 Å². The molecule has 0 radical (unpaired) electrons. The Morgan fingerprint density at radius 1 is 1.29 bits per heavy atom. The monoisotopic (exact) mass is 235 g/mol. The van der Waals surface area contributed by atoms with E-state index in [0.717, 1.165) is 24.3 Å². The van der Waals surface area contributed by atoms with Crippen molar-refractivity contribution in [1.29, 1.82) is 0 Å². The summed E-state index contributed by atoms with van der Waals surface area (Å²) in [6, 6.07) is 7.70. The highest BCUT2D eigenvalue weighted by Crippen LogP contribution is 2.27. The Kier molecular flexibility index (Phi) is 4.40. The van der Waals surface area contributed by atoms with E-state index in [4.69, 9.17) is 4.74 Å². The Balaban J connectivity index is 1.91. The van der Waals surface area contributed by atoms with Crippen molar-refractivity contribution >= 4 is 0 Å². The molecule has 1 aliphatic rings. The SMILES string of the molecule is COc1ccccc1[C@@H](O)CCN1CCCC1. The molecule has 0 aliphatic carbocycles. The Hall–Kier alpha value is -1.06. The molecule has 1 heterocycles. The lowest BCUT2D eigenvalue weighted by Gasteiger charge is -2.19. The molecule has 0 unspecified atom stereocenters. The molecule has 1 saturated heterocycles. The van der Waals surface area contributed by atoms with E-state index in [0.29, 0.717) is 0 Å². The van der Waals surface area contributed by atoms with Crippen LogP contribution < -0.4 is 4.74 Å². The van der Waals surface area contributed by atoms with Crippen molar-refractivity contribution < 1.29 is 9.84 Å². The van der Waals surface area contributed by atoms with Crippen molar-refractivity contribution in [3.8, 4) is 5.75 Å². The van der Waals surface area contributed by atoms with Gasteiger partial charge < -0.3 is 14.7 Å². The first-order valence-electron chi connectivity index (χ1n) is 6.34. The number of ether oxygens (including phenoxy) is 1. The average Bonchev–Trinajstić information content (AvgIpc) is 2.89. The molecule has 94 valence electrons. The van der Waals surface area contributed by atoms with Gasteiger partial charge in [-0.15, -0.1) is 0 Å². The van der Waals surface area contributed by atoms with Gasteiger partial charge in [-0.05, 0) is 38.4 Å². The molecule has 2 rings (SSSR count). The topological polar surface area (TPSA) is 32.7 Å². The molecular weight excluding hydrogens is 214 g/mol. The summed E-state index contributed by atoms with van der Waals surface area (Å²) in [4.78, 5) is 2.42. The molecule has 1 N–H and O–H groups in total. The minimum absolute atomic E-state index is 0.424. The van der Waals surface area contributed by atoms with E-state index in [9.17, 15) is 5.11 Å². The minimum Gasteiger partial charge on any atom is -0.496 e. The van der Waals surface area contributed by atoms with Crippen LogP contribution in [-0.4, -0.2) is 36.8 Å². The lowest BCUT2D eigenvalue weighted by atomic mass is 10.1. The number of likely N-dealkylation sites (tertiary alicyclic amines) is 1. The van der Waals surface area contributed by atoms with Crippen LogP contribution >= 0.6 is 0 Å². The van der Waals surface area contributed by atoms with Gasteiger partial charge in [0.25, 0.3) is 0 Å². The summed E-state index contributed by atoms with van der Waals surface area (Å²) in [5, 5.41) is 10.2. The fraction of sp³-hybridized carbons (Fsp3) is 0.571. The normalized spacial score (nSPS) is 18.2. The first-order valence-corrected chi connectivity index (χ1v) is 6.34. The summed E-state index contributed by atoms with van der Waals surface area (Å²) in [5.41, 5.74) is 0.897. The van der Waals surface area contributed by atoms with E-state index in [2.05, 4.69) is 4.90 Å². The summed E-state index contributed by atoms with van der Waals surface area (Å²) in [6.07, 6.45) is 2.95. The second kappa shape index (κ2) is 6.03. The molecule has 0 spiro atoms. The van der Waals surface area contributed by atoms with E-state index in [1.807, 2.05) is 24.3 Å². The van der Waals surface area contributed by atoms with Crippen LogP contribution in [0.3, 0.4) is 0 Å². The zero-order valence-electron chi connectivity index (χ0n) is 10.4. The van der Waals surface area contributed by atoms with Crippen molar-refractivity contribution in [3.63, 3.8) is 0 Å². The fourth-order valence-electron chi connectivity index (χ4n) is 2.41. The van der Waals surface area contributed by atoms with Crippen molar-refractivity contribution in [3.05, 3.63) is 29.8 Å². The number of aliphatic hydroxyl groups is 1. The van der Waals surface area contributed by atoms with Crippen molar-refractivity contribution in [2.45, 2.75) is 25.4 Å². The van der Waals surface area contributed by atoms with Gasteiger partial charge in [0.05, 0.1) is 13.2 Å². The maximum atomic E-state index is 10.2. The number of hydrogen-bond donors (Lipinski definition) is 1. The smallest absolute Gasteiger partial charge is 0.124 e. The predicted molar refractivity (Wildman–Crippen MR) is 68.2 cm³/mol. The van der Waals surface area contributed by atoms with Crippen LogP contribution in [-0.2, 0) is 0 Å². The average molecular weight is 235 g/mol. The number of methoxy groups -OCH3 is 1. The molecule has 1 aliphatic heterocycles. The number of aliphatic hydroxyl groups excluding tert-OH is 1. The summed E-state index contributed by atoms with van der Waals surface area (Å²) >= 11 is 0. The van der Waals surface area contributed by atoms with E-state index >= 15 is 0 Å². The van der Waals surface area contributed by atoms with Crippen molar-refractivity contribution in [2.75, 3.05) is 26.7 Å². The van der Waals surface area contributed by atoms with E-state index < -0.39 is 6.10 Å². The highest BCUT2D eigenvalue weighted by atomic mass is 16.5. The number of para-hydroxylation sites is 1.